The van der Waals surface area contributed by atoms with Crippen molar-refractivity contribution in [1.29, 1.82) is 0 Å². The van der Waals surface area contributed by atoms with Gasteiger partial charge in [0.15, 0.2) is 0 Å². The van der Waals surface area contributed by atoms with Gasteiger partial charge in [0.25, 0.3) is 0 Å². The molecule has 0 bridgehead atoms. The summed E-state index contributed by atoms with van der Waals surface area (Å²) in [5.41, 5.74) is 1.30. The molecule has 0 amide bonds. The van der Waals surface area contributed by atoms with Gasteiger partial charge in [0.05, 0.1) is 0 Å². The molecule has 0 radical (unpaired) electrons. The van der Waals surface area contributed by atoms with Gasteiger partial charge in [-0.3, -0.25) is 4.90 Å². The van der Waals surface area contributed by atoms with Gasteiger partial charge in [0.2, 0.25) is 0 Å². The van der Waals surface area contributed by atoms with Crippen molar-refractivity contribution in [1.82, 2.24) is 4.90 Å². The number of hydrogen-bond acceptors (Lipinski definition) is 3. The number of fused-ring (bicyclic) bond motifs is 1. The smallest absolute Gasteiger partial charge is 0.135 e. The number of hydrogen-bond donors (Lipinski definition) is 1. The molecule has 3 heteroatoms. The van der Waals surface area contributed by atoms with Crippen molar-refractivity contribution in [2.75, 3.05) is 13.1 Å². The van der Waals surface area contributed by atoms with Gasteiger partial charge in [-0.25, -0.2) is 0 Å². The molecular formula is C16H19NO2. The molecule has 2 fully saturated rings. The van der Waals surface area contributed by atoms with Crippen LogP contribution >= 0.6 is 0 Å². The number of furan rings is 1. The predicted octanol–water partition coefficient (Wildman–Crippen LogP) is 3.09. The monoisotopic (exact) mass is 257 g/mol. The van der Waals surface area contributed by atoms with Crippen molar-refractivity contribution in [2.24, 2.45) is 0 Å². The Morgan fingerprint density at radius 3 is 2.74 bits per heavy atom. The third-order valence-electron chi connectivity index (χ3n) is 4.97. The Kier molecular flexibility index (Phi) is 2.47. The van der Waals surface area contributed by atoms with Gasteiger partial charge >= 0.3 is 0 Å². The van der Waals surface area contributed by atoms with Crippen molar-refractivity contribution in [3.05, 3.63) is 36.1 Å². The molecule has 1 aromatic carbocycles. The minimum atomic E-state index is -0.509. The van der Waals surface area contributed by atoms with Crippen LogP contribution in [0.5, 0.6) is 0 Å². The van der Waals surface area contributed by atoms with Gasteiger partial charge in [0.1, 0.15) is 17.4 Å². The second-order valence-electron chi connectivity index (χ2n) is 5.98. The SMILES string of the molecule is O[C@H](CN1CCC12CCC2)c1cc2ccccc2o1. The molecule has 0 unspecified atom stereocenters. The fourth-order valence-corrected chi connectivity index (χ4v) is 3.49. The highest BCUT2D eigenvalue weighted by molar-refractivity contribution is 5.77. The van der Waals surface area contributed by atoms with E-state index in [1.807, 2.05) is 30.3 Å². The van der Waals surface area contributed by atoms with Crippen molar-refractivity contribution in [3.63, 3.8) is 0 Å². The van der Waals surface area contributed by atoms with Crippen LogP contribution < -0.4 is 0 Å². The fourth-order valence-electron chi connectivity index (χ4n) is 3.49. The van der Waals surface area contributed by atoms with Crippen molar-refractivity contribution < 1.29 is 9.52 Å². The zero-order valence-electron chi connectivity index (χ0n) is 11.0. The molecule has 2 aliphatic rings. The molecule has 4 rings (SSSR count). The fraction of sp³-hybridized carbons (Fsp3) is 0.500. The van der Waals surface area contributed by atoms with E-state index in [0.717, 1.165) is 17.5 Å². The molecule has 1 aromatic heterocycles. The summed E-state index contributed by atoms with van der Waals surface area (Å²) < 4.78 is 5.74. The van der Waals surface area contributed by atoms with Crippen LogP contribution in [0.15, 0.2) is 34.7 Å². The van der Waals surface area contributed by atoms with Crippen LogP contribution in [0.25, 0.3) is 11.0 Å². The van der Waals surface area contributed by atoms with E-state index in [9.17, 15) is 5.11 Å². The van der Waals surface area contributed by atoms with Crippen molar-refractivity contribution in [2.45, 2.75) is 37.3 Å². The Hall–Kier alpha value is -1.32. The summed E-state index contributed by atoms with van der Waals surface area (Å²) in [4.78, 5) is 2.44. The molecule has 2 aromatic rings. The maximum atomic E-state index is 10.4. The first kappa shape index (κ1) is 11.5. The van der Waals surface area contributed by atoms with Gasteiger partial charge < -0.3 is 9.52 Å². The van der Waals surface area contributed by atoms with E-state index in [4.69, 9.17) is 4.42 Å². The Labute approximate surface area is 112 Å². The third-order valence-corrected chi connectivity index (χ3v) is 4.97. The first-order chi connectivity index (χ1) is 9.27. The molecular weight excluding hydrogens is 238 g/mol. The van der Waals surface area contributed by atoms with Crippen LogP contribution in [-0.4, -0.2) is 28.6 Å². The summed E-state index contributed by atoms with van der Waals surface area (Å²) in [5, 5.41) is 11.4. The van der Waals surface area contributed by atoms with Gasteiger partial charge in [0, 0.05) is 24.0 Å². The number of aliphatic hydroxyl groups is 1. The van der Waals surface area contributed by atoms with Crippen LogP contribution in [0.2, 0.25) is 0 Å². The lowest BCUT2D eigenvalue weighted by Gasteiger charge is -2.59. The van der Waals surface area contributed by atoms with Crippen LogP contribution in [-0.2, 0) is 0 Å². The summed E-state index contributed by atoms with van der Waals surface area (Å²) in [6.07, 6.45) is 4.75. The molecule has 1 aliphatic carbocycles. The van der Waals surface area contributed by atoms with E-state index in [1.165, 1.54) is 25.7 Å². The van der Waals surface area contributed by atoms with E-state index in [2.05, 4.69) is 4.90 Å². The number of aliphatic hydroxyl groups excluding tert-OH is 1. The predicted molar refractivity (Wildman–Crippen MR) is 73.9 cm³/mol. The van der Waals surface area contributed by atoms with Gasteiger partial charge in [-0.15, -0.1) is 0 Å². The molecule has 1 saturated heterocycles. The zero-order chi connectivity index (χ0) is 12.9. The molecule has 100 valence electrons. The molecule has 1 atom stereocenters. The maximum absolute atomic E-state index is 10.4. The Morgan fingerprint density at radius 2 is 2.11 bits per heavy atom. The number of nitrogens with zero attached hydrogens (tertiary/aromatic N) is 1. The van der Waals surface area contributed by atoms with Crippen molar-refractivity contribution >= 4 is 11.0 Å². The first-order valence-corrected chi connectivity index (χ1v) is 7.18. The Bertz CT molecular complexity index is 561. The Morgan fingerprint density at radius 1 is 1.26 bits per heavy atom. The lowest BCUT2D eigenvalue weighted by molar-refractivity contribution is -0.0944. The molecule has 1 N–H and O–H groups in total. The number of β-amino-alcohol motifs (C(OH)–C–C–N with tert-alkyl or cyclic N) is 1. The standard InChI is InChI=1S/C16H19NO2/c18-13(11-17-9-8-16(17)6-3-7-16)15-10-12-4-1-2-5-14(12)19-15/h1-2,4-5,10,13,18H,3,6-9,11H2/t13-/m1/s1. The summed E-state index contributed by atoms with van der Waals surface area (Å²) in [6.45, 7) is 1.83. The summed E-state index contributed by atoms with van der Waals surface area (Å²) >= 11 is 0. The molecule has 1 saturated carbocycles. The normalized spacial score (nSPS) is 23.2. The highest BCUT2D eigenvalue weighted by Gasteiger charge is 2.49. The molecule has 1 aliphatic heterocycles. The van der Waals surface area contributed by atoms with Crippen molar-refractivity contribution in [3.8, 4) is 0 Å². The van der Waals surface area contributed by atoms with E-state index < -0.39 is 6.10 Å². The molecule has 2 heterocycles. The van der Waals surface area contributed by atoms with Gasteiger partial charge in [-0.1, -0.05) is 18.2 Å². The highest BCUT2D eigenvalue weighted by atomic mass is 16.4. The van der Waals surface area contributed by atoms with Crippen LogP contribution in [0, 0.1) is 0 Å². The van der Waals surface area contributed by atoms with Gasteiger partial charge in [-0.2, -0.15) is 0 Å². The Balaban J connectivity index is 1.52. The van der Waals surface area contributed by atoms with Crippen LogP contribution in [0.4, 0.5) is 0 Å². The summed E-state index contributed by atoms with van der Waals surface area (Å²) in [6, 6.07) is 9.88. The number of rotatable bonds is 3. The number of benzene rings is 1. The maximum Gasteiger partial charge on any atom is 0.135 e. The highest BCUT2D eigenvalue weighted by Crippen LogP contribution is 2.47. The quantitative estimate of drug-likeness (QED) is 0.918. The molecule has 19 heavy (non-hydrogen) atoms. The second-order valence-corrected chi connectivity index (χ2v) is 5.98. The minimum Gasteiger partial charge on any atom is -0.458 e. The molecule has 3 nitrogen and oxygen atoms in total. The largest absolute Gasteiger partial charge is 0.458 e. The van der Waals surface area contributed by atoms with E-state index >= 15 is 0 Å². The third kappa shape index (κ3) is 1.72. The second kappa shape index (κ2) is 4.09. The first-order valence-electron chi connectivity index (χ1n) is 7.18. The van der Waals surface area contributed by atoms with Crippen LogP contribution in [0.1, 0.15) is 37.5 Å². The average Bonchev–Trinajstić information content (AvgIpc) is 2.76. The lowest BCUT2D eigenvalue weighted by atomic mass is 9.68. The average molecular weight is 257 g/mol. The number of likely N-dealkylation sites (tertiary alicyclic amines) is 1. The zero-order valence-corrected chi connectivity index (χ0v) is 11.0. The number of para-hydroxylation sites is 1. The van der Waals surface area contributed by atoms with E-state index in [0.29, 0.717) is 17.8 Å². The van der Waals surface area contributed by atoms with E-state index in [1.54, 1.807) is 0 Å². The van der Waals surface area contributed by atoms with Crippen LogP contribution in [0.3, 0.4) is 0 Å². The summed E-state index contributed by atoms with van der Waals surface area (Å²) in [5.74, 6) is 0.697. The molecule has 1 spiro atoms. The van der Waals surface area contributed by atoms with E-state index in [-0.39, 0.29) is 0 Å². The van der Waals surface area contributed by atoms with Gasteiger partial charge in [-0.05, 0) is 37.8 Å². The topological polar surface area (TPSA) is 36.6 Å². The summed E-state index contributed by atoms with van der Waals surface area (Å²) in [7, 11) is 0. The minimum absolute atomic E-state index is 0.437. The lowest BCUT2D eigenvalue weighted by Crippen LogP contribution is -2.64.